The number of esters is 1. The molecule has 0 N–H and O–H groups in total. The SMILES string of the molecule is CC(=O)OCC1=C(C(=O)[O-])N2C(=O)/C(=C/C(=O)[O-])[C@H]2SC1.[Na+].[Na+]. The third kappa shape index (κ3) is 4.85. The molecule has 0 unspecified atom stereocenters. The monoisotopic (exact) mass is 357 g/mol. The molecule has 2 heterocycles. The molecule has 1 fully saturated rings. The molecule has 0 aliphatic carbocycles. The molecule has 11 heteroatoms. The molecule has 1 saturated heterocycles. The molecule has 2 rings (SSSR count). The number of amides is 1. The van der Waals surface area contributed by atoms with E-state index in [4.69, 9.17) is 4.74 Å². The minimum atomic E-state index is -1.58. The number of nitrogens with zero attached hydrogens (tertiary/aromatic N) is 1. The first kappa shape index (κ1) is 22.7. The fourth-order valence-electron chi connectivity index (χ4n) is 2.03. The molecule has 0 aromatic carbocycles. The maximum Gasteiger partial charge on any atom is 1.00 e. The van der Waals surface area contributed by atoms with E-state index in [2.05, 4.69) is 0 Å². The van der Waals surface area contributed by atoms with Crippen LogP contribution in [0.1, 0.15) is 6.92 Å². The summed E-state index contributed by atoms with van der Waals surface area (Å²) in [6, 6.07) is 0. The molecule has 112 valence electrons. The van der Waals surface area contributed by atoms with Gasteiger partial charge in [-0.25, -0.2) is 0 Å². The van der Waals surface area contributed by atoms with Gasteiger partial charge < -0.3 is 24.5 Å². The Labute approximate surface area is 179 Å². The first-order valence-electron chi connectivity index (χ1n) is 5.77. The van der Waals surface area contributed by atoms with Crippen LogP contribution in [0, 0.1) is 0 Å². The summed E-state index contributed by atoms with van der Waals surface area (Å²) >= 11 is 1.15. The Bertz CT molecular complexity index is 617. The van der Waals surface area contributed by atoms with E-state index in [-0.39, 0.29) is 88.3 Å². The van der Waals surface area contributed by atoms with E-state index in [1.165, 1.54) is 6.92 Å². The van der Waals surface area contributed by atoms with Crippen molar-refractivity contribution in [3.63, 3.8) is 0 Å². The Morgan fingerprint density at radius 3 is 2.43 bits per heavy atom. The molecule has 2 aliphatic rings. The Morgan fingerprint density at radius 1 is 1.35 bits per heavy atom. The van der Waals surface area contributed by atoms with E-state index in [0.717, 1.165) is 16.7 Å². The second-order valence-corrected chi connectivity index (χ2v) is 5.35. The number of carbonyl (C=O) groups excluding carboxylic acids is 4. The molecular weight excluding hydrogens is 348 g/mol. The van der Waals surface area contributed by atoms with Crippen molar-refractivity contribution in [2.75, 3.05) is 12.4 Å². The molecule has 0 radical (unpaired) electrons. The summed E-state index contributed by atoms with van der Waals surface area (Å²) in [5.41, 5.74) is -0.182. The van der Waals surface area contributed by atoms with Gasteiger partial charge in [-0.2, -0.15) is 0 Å². The smallest absolute Gasteiger partial charge is 0.545 e. The van der Waals surface area contributed by atoms with Gasteiger partial charge in [-0.05, 0) is 6.08 Å². The van der Waals surface area contributed by atoms with E-state index in [1.54, 1.807) is 0 Å². The fraction of sp³-hybridized carbons (Fsp3) is 0.333. The number of fused-ring (bicyclic) bond motifs is 1. The zero-order valence-corrected chi connectivity index (χ0v) is 17.6. The summed E-state index contributed by atoms with van der Waals surface area (Å²) in [5, 5.41) is 21.0. The first-order valence-corrected chi connectivity index (χ1v) is 6.82. The molecule has 0 bridgehead atoms. The number of ether oxygens (including phenoxy) is 1. The second-order valence-electron chi connectivity index (χ2n) is 4.28. The quantitative estimate of drug-likeness (QED) is 0.210. The number of carboxylic acids is 2. The summed E-state index contributed by atoms with van der Waals surface area (Å²) in [4.78, 5) is 45.3. The van der Waals surface area contributed by atoms with Crippen molar-refractivity contribution in [1.82, 2.24) is 4.90 Å². The minimum absolute atomic E-state index is 0. The molecule has 0 aromatic heterocycles. The number of hydrogen-bond acceptors (Lipinski definition) is 8. The number of thioether (sulfide) groups is 1. The van der Waals surface area contributed by atoms with E-state index in [0.29, 0.717) is 6.08 Å². The molecule has 1 atom stereocenters. The predicted octanol–water partition coefficient (Wildman–Crippen LogP) is -8.85. The van der Waals surface area contributed by atoms with Gasteiger partial charge in [0.1, 0.15) is 12.0 Å². The molecule has 0 saturated carbocycles. The van der Waals surface area contributed by atoms with Crippen LogP contribution in [-0.2, 0) is 23.9 Å². The number of carboxylic acid groups (broad SMARTS) is 2. The number of carbonyl (C=O) groups is 4. The number of hydrogen-bond donors (Lipinski definition) is 0. The van der Waals surface area contributed by atoms with Gasteiger partial charge in [0, 0.05) is 18.2 Å². The van der Waals surface area contributed by atoms with Crippen LogP contribution in [0.3, 0.4) is 0 Å². The second kappa shape index (κ2) is 9.26. The molecule has 2 aliphatic heterocycles. The van der Waals surface area contributed by atoms with Gasteiger partial charge in [0.15, 0.2) is 0 Å². The van der Waals surface area contributed by atoms with Crippen LogP contribution in [0.4, 0.5) is 0 Å². The van der Waals surface area contributed by atoms with Gasteiger partial charge in [-0.15, -0.1) is 11.8 Å². The Hall–Kier alpha value is -0.290. The van der Waals surface area contributed by atoms with Crippen LogP contribution in [0.5, 0.6) is 0 Å². The molecule has 8 nitrogen and oxygen atoms in total. The van der Waals surface area contributed by atoms with Gasteiger partial charge in [0.25, 0.3) is 5.91 Å². The number of β-lactam (4-membered cyclic amide) rings is 1. The van der Waals surface area contributed by atoms with E-state index in [1.807, 2.05) is 0 Å². The zero-order valence-electron chi connectivity index (χ0n) is 12.8. The van der Waals surface area contributed by atoms with Crippen molar-refractivity contribution in [1.29, 1.82) is 0 Å². The van der Waals surface area contributed by atoms with Crippen LogP contribution in [0.2, 0.25) is 0 Å². The van der Waals surface area contributed by atoms with Crippen LogP contribution in [0.15, 0.2) is 22.9 Å². The topological polar surface area (TPSA) is 127 Å². The van der Waals surface area contributed by atoms with Gasteiger partial charge >= 0.3 is 65.1 Å². The maximum atomic E-state index is 11.9. The number of aliphatic carboxylic acids is 2. The summed E-state index contributed by atoms with van der Waals surface area (Å²) in [6.45, 7) is 0.912. The largest absolute Gasteiger partial charge is 1.00 e. The van der Waals surface area contributed by atoms with Crippen molar-refractivity contribution in [3.05, 3.63) is 22.9 Å². The average molecular weight is 357 g/mol. The van der Waals surface area contributed by atoms with E-state index >= 15 is 0 Å². The van der Waals surface area contributed by atoms with Crippen molar-refractivity contribution in [2.24, 2.45) is 0 Å². The Balaban J connectivity index is 0.00000242. The first-order chi connectivity index (χ1) is 9.82. The predicted molar refractivity (Wildman–Crippen MR) is 64.8 cm³/mol. The summed E-state index contributed by atoms with van der Waals surface area (Å²) in [5.74, 6) is -4.25. The standard InChI is InChI=1S/C12H11NO7S.2Na/c1-5(14)20-3-6-4-21-11-7(2-8(15)16)10(17)13(11)9(6)12(18)19;;/h2,11H,3-4H2,1H3,(H,15,16)(H,18,19);;/q;2*+1/p-2/b7-2-;;/t11-;;/m1../s1. The van der Waals surface area contributed by atoms with Crippen molar-refractivity contribution >= 4 is 35.6 Å². The van der Waals surface area contributed by atoms with Gasteiger partial charge in [0.05, 0.1) is 23.2 Å². The average Bonchev–Trinajstić information content (AvgIpc) is 2.40. The Kier molecular flexibility index (Phi) is 9.14. The fourth-order valence-corrected chi connectivity index (χ4v) is 3.30. The number of rotatable bonds is 4. The van der Waals surface area contributed by atoms with Gasteiger partial charge in [0.2, 0.25) is 0 Å². The van der Waals surface area contributed by atoms with Crippen molar-refractivity contribution in [3.8, 4) is 0 Å². The molecule has 1 amide bonds. The molecule has 0 spiro atoms. The van der Waals surface area contributed by atoms with Gasteiger partial charge in [-0.3, -0.25) is 14.5 Å². The third-order valence-electron chi connectivity index (χ3n) is 2.87. The van der Waals surface area contributed by atoms with Crippen LogP contribution < -0.4 is 69.3 Å². The van der Waals surface area contributed by atoms with Crippen molar-refractivity contribution in [2.45, 2.75) is 12.3 Å². The summed E-state index contributed by atoms with van der Waals surface area (Å²) < 4.78 is 4.74. The molecule has 0 aromatic rings. The van der Waals surface area contributed by atoms with Crippen molar-refractivity contribution < 1.29 is 93.2 Å². The van der Waals surface area contributed by atoms with Crippen LogP contribution >= 0.6 is 11.8 Å². The van der Waals surface area contributed by atoms with E-state index in [9.17, 15) is 29.4 Å². The minimum Gasteiger partial charge on any atom is -0.545 e. The van der Waals surface area contributed by atoms with Crippen LogP contribution in [0.25, 0.3) is 0 Å². The Morgan fingerprint density at radius 2 is 1.96 bits per heavy atom. The summed E-state index contributed by atoms with van der Waals surface area (Å²) in [7, 11) is 0. The maximum absolute atomic E-state index is 11.9. The normalized spacial score (nSPS) is 20.7. The summed E-state index contributed by atoms with van der Waals surface area (Å²) in [6.07, 6.45) is 0.653. The van der Waals surface area contributed by atoms with E-state index < -0.39 is 29.2 Å². The van der Waals surface area contributed by atoms with Gasteiger partial charge in [-0.1, -0.05) is 0 Å². The molecular formula is C12H9NNa2O7S. The zero-order chi connectivity index (χ0) is 15.7. The third-order valence-corrected chi connectivity index (χ3v) is 4.17. The van der Waals surface area contributed by atoms with Crippen LogP contribution in [-0.4, -0.2) is 46.4 Å². The molecule has 23 heavy (non-hydrogen) atoms.